The molecule has 1 aromatic carbocycles. The van der Waals surface area contributed by atoms with Crippen molar-refractivity contribution in [2.75, 3.05) is 5.32 Å². The van der Waals surface area contributed by atoms with Crippen molar-refractivity contribution in [3.8, 4) is 0 Å². The molecule has 0 aromatic heterocycles. The minimum absolute atomic E-state index is 0.0971. The second kappa shape index (κ2) is 2.51. The predicted octanol–water partition coefficient (Wildman–Crippen LogP) is 2.27. The number of nitrogens with zero attached hydrogens (tertiary/aromatic N) is 2. The molecule has 14 heavy (non-hydrogen) atoms. The first-order valence-corrected chi connectivity index (χ1v) is 4.37. The van der Waals surface area contributed by atoms with Crippen molar-refractivity contribution in [1.29, 1.82) is 0 Å². The summed E-state index contributed by atoms with van der Waals surface area (Å²) in [5.74, 6) is -0.254. The fraction of sp³-hybridized carbons (Fsp3) is 0.100. The molecule has 0 saturated carbocycles. The SMILES string of the molecule is O=C1N=NC2C=CNc3cccc1c32. The Bertz CT molecular complexity index is 476. The van der Waals surface area contributed by atoms with E-state index in [-0.39, 0.29) is 11.9 Å². The average molecular weight is 185 g/mol. The van der Waals surface area contributed by atoms with Gasteiger partial charge >= 0.3 is 0 Å². The largest absolute Gasteiger partial charge is 0.362 e. The maximum atomic E-state index is 11.4. The van der Waals surface area contributed by atoms with E-state index in [1.54, 1.807) is 6.07 Å². The van der Waals surface area contributed by atoms with Gasteiger partial charge < -0.3 is 5.32 Å². The maximum absolute atomic E-state index is 11.4. The smallest absolute Gasteiger partial charge is 0.295 e. The number of azo groups is 1. The summed E-state index contributed by atoms with van der Waals surface area (Å²) in [6.07, 6.45) is 3.72. The van der Waals surface area contributed by atoms with E-state index in [0.29, 0.717) is 5.56 Å². The van der Waals surface area contributed by atoms with E-state index < -0.39 is 0 Å². The third kappa shape index (κ3) is 0.849. The van der Waals surface area contributed by atoms with Crippen LogP contribution in [0.3, 0.4) is 0 Å². The minimum Gasteiger partial charge on any atom is -0.362 e. The Kier molecular flexibility index (Phi) is 1.33. The lowest BCUT2D eigenvalue weighted by atomic mass is 9.95. The molecule has 2 aliphatic heterocycles. The van der Waals surface area contributed by atoms with Gasteiger partial charge in [0.2, 0.25) is 0 Å². The summed E-state index contributed by atoms with van der Waals surface area (Å²) in [4.78, 5) is 11.4. The van der Waals surface area contributed by atoms with E-state index in [9.17, 15) is 4.79 Å². The van der Waals surface area contributed by atoms with Crippen LogP contribution >= 0.6 is 0 Å². The molecule has 3 rings (SSSR count). The van der Waals surface area contributed by atoms with E-state index in [2.05, 4.69) is 15.5 Å². The van der Waals surface area contributed by atoms with Crippen molar-refractivity contribution >= 4 is 11.6 Å². The van der Waals surface area contributed by atoms with Crippen molar-refractivity contribution in [3.05, 3.63) is 41.6 Å². The Balaban J connectivity index is 2.32. The molecule has 68 valence electrons. The molecule has 0 spiro atoms. The van der Waals surface area contributed by atoms with E-state index in [0.717, 1.165) is 11.3 Å². The zero-order valence-corrected chi connectivity index (χ0v) is 7.27. The summed E-state index contributed by atoms with van der Waals surface area (Å²) >= 11 is 0. The number of anilines is 1. The zero-order chi connectivity index (χ0) is 9.54. The Hall–Kier alpha value is -1.97. The lowest BCUT2D eigenvalue weighted by Gasteiger charge is -2.22. The van der Waals surface area contributed by atoms with Gasteiger partial charge in [-0.25, -0.2) is 0 Å². The van der Waals surface area contributed by atoms with E-state index in [1.165, 1.54) is 0 Å². The molecule has 0 fully saturated rings. The fourth-order valence-corrected chi connectivity index (χ4v) is 1.79. The Morgan fingerprint density at radius 3 is 3.21 bits per heavy atom. The monoisotopic (exact) mass is 185 g/mol. The molecule has 1 unspecified atom stereocenters. The molecule has 0 saturated heterocycles. The number of nitrogens with one attached hydrogen (secondary N) is 1. The molecule has 2 aliphatic rings. The van der Waals surface area contributed by atoms with Crippen molar-refractivity contribution < 1.29 is 4.79 Å². The second-order valence-corrected chi connectivity index (χ2v) is 3.24. The highest BCUT2D eigenvalue weighted by Gasteiger charge is 2.26. The van der Waals surface area contributed by atoms with Gasteiger partial charge in [0, 0.05) is 11.3 Å². The summed E-state index contributed by atoms with van der Waals surface area (Å²) in [6, 6.07) is 5.47. The molecule has 1 aromatic rings. The number of hydrogen-bond acceptors (Lipinski definition) is 3. The van der Waals surface area contributed by atoms with Gasteiger partial charge in [-0.3, -0.25) is 4.79 Å². The molecule has 0 bridgehead atoms. The summed E-state index contributed by atoms with van der Waals surface area (Å²) in [7, 11) is 0. The van der Waals surface area contributed by atoms with Gasteiger partial charge in [-0.15, -0.1) is 5.11 Å². The van der Waals surface area contributed by atoms with Crippen LogP contribution in [0.25, 0.3) is 0 Å². The Morgan fingerprint density at radius 2 is 2.29 bits per heavy atom. The third-order valence-corrected chi connectivity index (χ3v) is 2.42. The first-order chi connectivity index (χ1) is 6.86. The predicted molar refractivity (Wildman–Crippen MR) is 51.1 cm³/mol. The number of benzene rings is 1. The molecule has 0 aliphatic carbocycles. The summed E-state index contributed by atoms with van der Waals surface area (Å²) in [5.41, 5.74) is 2.54. The van der Waals surface area contributed by atoms with Gasteiger partial charge in [0.1, 0.15) is 6.04 Å². The molecule has 1 N–H and O–H groups in total. The molecule has 4 nitrogen and oxygen atoms in total. The average Bonchev–Trinajstić information content (AvgIpc) is 2.24. The summed E-state index contributed by atoms with van der Waals surface area (Å²) in [6.45, 7) is 0. The van der Waals surface area contributed by atoms with Crippen LogP contribution in [0.15, 0.2) is 40.7 Å². The van der Waals surface area contributed by atoms with Crippen LogP contribution in [-0.4, -0.2) is 5.91 Å². The first-order valence-electron chi connectivity index (χ1n) is 4.37. The first kappa shape index (κ1) is 7.44. The van der Waals surface area contributed by atoms with Gasteiger partial charge in [-0.05, 0) is 24.4 Å². The van der Waals surface area contributed by atoms with Crippen LogP contribution in [0.4, 0.5) is 5.69 Å². The van der Waals surface area contributed by atoms with Crippen molar-refractivity contribution in [3.63, 3.8) is 0 Å². The van der Waals surface area contributed by atoms with Gasteiger partial charge in [0.25, 0.3) is 5.91 Å². The topological polar surface area (TPSA) is 53.8 Å². The van der Waals surface area contributed by atoms with Crippen LogP contribution in [0.5, 0.6) is 0 Å². The van der Waals surface area contributed by atoms with Gasteiger partial charge in [-0.1, -0.05) is 6.07 Å². The summed E-state index contributed by atoms with van der Waals surface area (Å²) in [5, 5.41) is 10.6. The van der Waals surface area contributed by atoms with E-state index >= 15 is 0 Å². The second-order valence-electron chi connectivity index (χ2n) is 3.24. The van der Waals surface area contributed by atoms with Gasteiger partial charge in [0.15, 0.2) is 0 Å². The zero-order valence-electron chi connectivity index (χ0n) is 7.27. The quantitative estimate of drug-likeness (QED) is 0.674. The Labute approximate surface area is 80.3 Å². The van der Waals surface area contributed by atoms with Crippen molar-refractivity contribution in [2.24, 2.45) is 10.2 Å². The third-order valence-electron chi connectivity index (χ3n) is 2.42. The maximum Gasteiger partial charge on any atom is 0.295 e. The standard InChI is InChI=1S/C10H7N3O/c14-10-6-2-1-3-7-9(6)8(12-13-10)4-5-11-7/h1-5,8,11H. The minimum atomic E-state index is -0.254. The molecule has 1 amide bonds. The number of carbonyl (C=O) groups is 1. The number of rotatable bonds is 0. The highest BCUT2D eigenvalue weighted by Crippen LogP contribution is 2.36. The number of amides is 1. The van der Waals surface area contributed by atoms with Crippen LogP contribution in [0.2, 0.25) is 0 Å². The van der Waals surface area contributed by atoms with Crippen molar-refractivity contribution in [1.82, 2.24) is 0 Å². The van der Waals surface area contributed by atoms with Gasteiger partial charge in [-0.2, -0.15) is 5.11 Å². The molecule has 0 radical (unpaired) electrons. The van der Waals surface area contributed by atoms with Crippen LogP contribution < -0.4 is 5.32 Å². The van der Waals surface area contributed by atoms with Gasteiger partial charge in [0.05, 0.1) is 5.56 Å². The lowest BCUT2D eigenvalue weighted by molar-refractivity contribution is 0.0986. The fourth-order valence-electron chi connectivity index (χ4n) is 1.79. The van der Waals surface area contributed by atoms with E-state index in [1.807, 2.05) is 24.4 Å². The highest BCUT2D eigenvalue weighted by atomic mass is 16.1. The normalized spacial score (nSPS) is 21.7. The van der Waals surface area contributed by atoms with Crippen LogP contribution in [0, 0.1) is 0 Å². The van der Waals surface area contributed by atoms with Crippen molar-refractivity contribution in [2.45, 2.75) is 6.04 Å². The molecule has 1 atom stereocenters. The highest BCUT2D eigenvalue weighted by molar-refractivity contribution is 5.99. The summed E-state index contributed by atoms with van der Waals surface area (Å²) < 4.78 is 0. The molecule has 4 heteroatoms. The van der Waals surface area contributed by atoms with Crippen LogP contribution in [-0.2, 0) is 0 Å². The lowest BCUT2D eigenvalue weighted by Crippen LogP contribution is -2.14. The van der Waals surface area contributed by atoms with E-state index in [4.69, 9.17) is 0 Å². The molecular weight excluding hydrogens is 178 g/mol. The number of hydrogen-bond donors (Lipinski definition) is 1. The Morgan fingerprint density at radius 1 is 1.36 bits per heavy atom. The molecule has 2 heterocycles. The molecular formula is C10H7N3O. The number of carbonyl (C=O) groups excluding carboxylic acids is 1. The van der Waals surface area contributed by atoms with Crippen LogP contribution in [0.1, 0.15) is 22.0 Å².